The summed E-state index contributed by atoms with van der Waals surface area (Å²) in [5.74, 6) is -0.563. The molecule has 0 aromatic carbocycles. The molecule has 15 heavy (non-hydrogen) atoms. The van der Waals surface area contributed by atoms with E-state index >= 15 is 0 Å². The summed E-state index contributed by atoms with van der Waals surface area (Å²) in [4.78, 5) is 11.2. The standard InChI is InChI=1S/C8H15FN2O4/c1-10-8(15)5-7(14)6(13)4(9)3(2-12)11-5/h3-7,11-14H,2H2,1H3,(H,10,15)/t3-,4-,5+,6+,7?/m1/s1. The summed E-state index contributed by atoms with van der Waals surface area (Å²) >= 11 is 0. The molecule has 1 saturated heterocycles. The summed E-state index contributed by atoms with van der Waals surface area (Å²) < 4.78 is 13.3. The molecule has 5 atom stereocenters. The number of halogens is 1. The minimum absolute atomic E-state index is 0.557. The van der Waals surface area contributed by atoms with Gasteiger partial charge in [-0.2, -0.15) is 0 Å². The van der Waals surface area contributed by atoms with E-state index in [1.54, 1.807) is 0 Å². The fraction of sp³-hybridized carbons (Fsp3) is 0.875. The lowest BCUT2D eigenvalue weighted by molar-refractivity contribution is -0.137. The average molecular weight is 222 g/mol. The van der Waals surface area contributed by atoms with Gasteiger partial charge in [-0.3, -0.25) is 10.1 Å². The number of amides is 1. The number of rotatable bonds is 2. The summed E-state index contributed by atoms with van der Waals surface area (Å²) in [6, 6.07) is -2.17. The van der Waals surface area contributed by atoms with Gasteiger partial charge < -0.3 is 20.6 Å². The largest absolute Gasteiger partial charge is 0.395 e. The molecular weight excluding hydrogens is 207 g/mol. The summed E-state index contributed by atoms with van der Waals surface area (Å²) in [6.07, 6.45) is -5.00. The molecule has 0 saturated carbocycles. The Bertz CT molecular complexity index is 239. The molecule has 0 aromatic rings. The summed E-state index contributed by atoms with van der Waals surface area (Å²) in [7, 11) is 1.36. The number of aliphatic hydroxyl groups is 3. The minimum atomic E-state index is -1.80. The number of piperidine rings is 1. The zero-order valence-corrected chi connectivity index (χ0v) is 8.22. The Balaban J connectivity index is 2.78. The number of hydrogen-bond acceptors (Lipinski definition) is 5. The molecule has 0 aliphatic carbocycles. The molecule has 0 bridgehead atoms. The molecule has 5 N–H and O–H groups in total. The van der Waals surface area contributed by atoms with Crippen molar-refractivity contribution in [2.24, 2.45) is 0 Å². The van der Waals surface area contributed by atoms with Crippen LogP contribution in [0.5, 0.6) is 0 Å². The van der Waals surface area contributed by atoms with Gasteiger partial charge in [-0.1, -0.05) is 0 Å². The van der Waals surface area contributed by atoms with Crippen LogP contribution in [0.3, 0.4) is 0 Å². The summed E-state index contributed by atoms with van der Waals surface area (Å²) in [5.41, 5.74) is 0. The molecule has 0 aromatic heterocycles. The third-order valence-electron chi connectivity index (χ3n) is 2.52. The van der Waals surface area contributed by atoms with E-state index in [4.69, 9.17) is 5.11 Å². The van der Waals surface area contributed by atoms with Gasteiger partial charge >= 0.3 is 0 Å². The van der Waals surface area contributed by atoms with Crippen molar-refractivity contribution in [3.63, 3.8) is 0 Å². The lowest BCUT2D eigenvalue weighted by atomic mass is 9.91. The molecule has 1 rings (SSSR count). The second-order valence-electron chi connectivity index (χ2n) is 3.47. The van der Waals surface area contributed by atoms with Crippen molar-refractivity contribution in [3.05, 3.63) is 0 Å². The first kappa shape index (κ1) is 12.3. The Hall–Kier alpha value is -0.760. The van der Waals surface area contributed by atoms with E-state index in [0.29, 0.717) is 0 Å². The van der Waals surface area contributed by atoms with E-state index in [2.05, 4.69) is 10.6 Å². The first-order valence-electron chi connectivity index (χ1n) is 4.61. The highest BCUT2D eigenvalue weighted by molar-refractivity contribution is 5.82. The van der Waals surface area contributed by atoms with Crippen molar-refractivity contribution < 1.29 is 24.5 Å². The van der Waals surface area contributed by atoms with Crippen molar-refractivity contribution in [1.29, 1.82) is 0 Å². The maximum absolute atomic E-state index is 13.3. The van der Waals surface area contributed by atoms with Crippen molar-refractivity contribution in [2.45, 2.75) is 30.5 Å². The van der Waals surface area contributed by atoms with E-state index in [-0.39, 0.29) is 0 Å². The van der Waals surface area contributed by atoms with Crippen LogP contribution in [0.4, 0.5) is 4.39 Å². The molecule has 7 heteroatoms. The van der Waals surface area contributed by atoms with Gasteiger partial charge in [-0.05, 0) is 0 Å². The van der Waals surface area contributed by atoms with Crippen LogP contribution in [0.1, 0.15) is 0 Å². The lowest BCUT2D eigenvalue weighted by Gasteiger charge is -2.38. The highest BCUT2D eigenvalue weighted by atomic mass is 19.1. The van der Waals surface area contributed by atoms with Gasteiger partial charge in [0.25, 0.3) is 0 Å². The SMILES string of the molecule is CNC(=O)[C@H]1N[C@H](CO)[C@@H](F)[C@H](O)C1O. The highest BCUT2D eigenvalue weighted by Crippen LogP contribution is 2.18. The Morgan fingerprint density at radius 3 is 2.53 bits per heavy atom. The molecule has 1 aliphatic rings. The summed E-state index contributed by atoms with van der Waals surface area (Å²) in [5, 5.41) is 32.3. The Kier molecular flexibility index (Phi) is 3.97. The lowest BCUT2D eigenvalue weighted by Crippen LogP contribution is -2.68. The van der Waals surface area contributed by atoms with E-state index in [1.807, 2.05) is 0 Å². The number of aliphatic hydroxyl groups excluding tert-OH is 3. The third kappa shape index (κ3) is 2.25. The highest BCUT2D eigenvalue weighted by Gasteiger charge is 2.45. The molecule has 0 spiro atoms. The number of carbonyl (C=O) groups is 1. The normalized spacial score (nSPS) is 41.3. The second kappa shape index (κ2) is 4.84. The van der Waals surface area contributed by atoms with Crippen molar-refractivity contribution >= 4 is 5.91 Å². The number of likely N-dealkylation sites (N-methyl/N-ethyl adjacent to an activating group) is 1. The molecule has 0 radical (unpaired) electrons. The van der Waals surface area contributed by atoms with Gasteiger partial charge in [0.15, 0.2) is 0 Å². The van der Waals surface area contributed by atoms with Crippen LogP contribution in [-0.2, 0) is 4.79 Å². The second-order valence-corrected chi connectivity index (χ2v) is 3.47. The Labute approximate surface area is 86.1 Å². The number of nitrogens with one attached hydrogen (secondary N) is 2. The van der Waals surface area contributed by atoms with E-state index in [9.17, 15) is 19.4 Å². The number of alkyl halides is 1. The average Bonchev–Trinajstić information content (AvgIpc) is 2.25. The molecule has 1 unspecified atom stereocenters. The minimum Gasteiger partial charge on any atom is -0.395 e. The zero-order valence-electron chi connectivity index (χ0n) is 8.22. The topological polar surface area (TPSA) is 102 Å². The third-order valence-corrected chi connectivity index (χ3v) is 2.52. The predicted octanol–water partition coefficient (Wildman–Crippen LogP) is -2.87. The number of hydrogen-bond donors (Lipinski definition) is 5. The van der Waals surface area contributed by atoms with Gasteiger partial charge in [0.1, 0.15) is 24.4 Å². The summed E-state index contributed by atoms with van der Waals surface area (Å²) in [6.45, 7) is -0.557. The molecular formula is C8H15FN2O4. The van der Waals surface area contributed by atoms with Gasteiger partial charge in [0.05, 0.1) is 12.6 Å². The van der Waals surface area contributed by atoms with Crippen LogP contribution in [0.25, 0.3) is 0 Å². The van der Waals surface area contributed by atoms with Crippen molar-refractivity contribution in [1.82, 2.24) is 10.6 Å². The molecule has 6 nitrogen and oxygen atoms in total. The van der Waals surface area contributed by atoms with Gasteiger partial charge in [0, 0.05) is 7.05 Å². The number of carbonyl (C=O) groups excluding carboxylic acids is 1. The van der Waals surface area contributed by atoms with Crippen molar-refractivity contribution in [2.75, 3.05) is 13.7 Å². The van der Waals surface area contributed by atoms with Crippen LogP contribution in [0, 0.1) is 0 Å². The van der Waals surface area contributed by atoms with Crippen LogP contribution >= 0.6 is 0 Å². The maximum atomic E-state index is 13.3. The fourth-order valence-corrected chi connectivity index (χ4v) is 1.58. The Morgan fingerprint density at radius 1 is 1.47 bits per heavy atom. The van der Waals surface area contributed by atoms with Gasteiger partial charge in [-0.25, -0.2) is 4.39 Å². The van der Waals surface area contributed by atoms with Crippen molar-refractivity contribution in [3.8, 4) is 0 Å². The zero-order chi connectivity index (χ0) is 11.6. The monoisotopic (exact) mass is 222 g/mol. The molecule has 1 aliphatic heterocycles. The predicted molar refractivity (Wildman–Crippen MR) is 48.8 cm³/mol. The molecule has 88 valence electrons. The van der Waals surface area contributed by atoms with Gasteiger partial charge in [-0.15, -0.1) is 0 Å². The first-order chi connectivity index (χ1) is 7.02. The van der Waals surface area contributed by atoms with E-state index < -0.39 is 43.0 Å². The fourth-order valence-electron chi connectivity index (χ4n) is 1.58. The first-order valence-corrected chi connectivity index (χ1v) is 4.61. The Morgan fingerprint density at radius 2 is 2.07 bits per heavy atom. The van der Waals surface area contributed by atoms with Crippen LogP contribution in [-0.4, -0.2) is 65.3 Å². The smallest absolute Gasteiger partial charge is 0.239 e. The van der Waals surface area contributed by atoms with Crippen LogP contribution in [0.15, 0.2) is 0 Å². The van der Waals surface area contributed by atoms with Crippen LogP contribution < -0.4 is 10.6 Å². The van der Waals surface area contributed by atoms with E-state index in [0.717, 1.165) is 0 Å². The molecule has 1 fully saturated rings. The van der Waals surface area contributed by atoms with E-state index in [1.165, 1.54) is 7.05 Å². The maximum Gasteiger partial charge on any atom is 0.239 e. The molecule has 1 heterocycles. The van der Waals surface area contributed by atoms with Crippen LogP contribution in [0.2, 0.25) is 0 Å². The van der Waals surface area contributed by atoms with Gasteiger partial charge in [0.2, 0.25) is 5.91 Å². The quantitative estimate of drug-likeness (QED) is 0.345. The molecule has 1 amide bonds.